The van der Waals surface area contributed by atoms with Gasteiger partial charge in [0.25, 0.3) is 0 Å². The Balaban J connectivity index is 2.10. The van der Waals surface area contributed by atoms with Gasteiger partial charge >= 0.3 is 5.97 Å². The van der Waals surface area contributed by atoms with E-state index >= 15 is 0 Å². The lowest BCUT2D eigenvalue weighted by molar-refractivity contribution is -0.188. The van der Waals surface area contributed by atoms with Crippen LogP contribution in [0, 0.1) is 0 Å². The Morgan fingerprint density at radius 2 is 2.00 bits per heavy atom. The second kappa shape index (κ2) is 4.36. The summed E-state index contributed by atoms with van der Waals surface area (Å²) in [7, 11) is 1.31. The molecule has 0 aromatic rings. The first-order chi connectivity index (χ1) is 7.96. The molecule has 0 aromatic heterocycles. The number of aldehydes is 1. The molecule has 2 aliphatic heterocycles. The van der Waals surface area contributed by atoms with Gasteiger partial charge in [-0.15, -0.1) is 0 Å². The normalized spacial score (nSPS) is 38.8. The highest BCUT2D eigenvalue weighted by atomic mass is 16.8. The van der Waals surface area contributed by atoms with Crippen molar-refractivity contribution in [2.24, 2.45) is 0 Å². The van der Waals surface area contributed by atoms with Gasteiger partial charge in [0.05, 0.1) is 19.6 Å². The van der Waals surface area contributed by atoms with Crippen molar-refractivity contribution in [2.45, 2.75) is 50.5 Å². The smallest absolute Gasteiger partial charge is 0.308 e. The maximum Gasteiger partial charge on any atom is 0.308 e. The van der Waals surface area contributed by atoms with Crippen LogP contribution in [0.25, 0.3) is 0 Å². The fourth-order valence-electron chi connectivity index (χ4n) is 2.24. The quantitative estimate of drug-likeness (QED) is 0.515. The third kappa shape index (κ3) is 2.34. The number of ether oxygens (including phenoxy) is 4. The van der Waals surface area contributed by atoms with Crippen molar-refractivity contribution >= 4 is 12.3 Å². The summed E-state index contributed by atoms with van der Waals surface area (Å²) in [5, 5.41) is 0. The largest absolute Gasteiger partial charge is 0.469 e. The van der Waals surface area contributed by atoms with Gasteiger partial charge in [-0.05, 0) is 13.8 Å². The summed E-state index contributed by atoms with van der Waals surface area (Å²) in [6, 6.07) is 0. The van der Waals surface area contributed by atoms with Crippen LogP contribution in [-0.4, -0.2) is 49.6 Å². The number of carbonyl (C=O) groups excluding carboxylic acids is 2. The molecule has 96 valence electrons. The number of methoxy groups -OCH3 is 1. The summed E-state index contributed by atoms with van der Waals surface area (Å²) in [6.07, 6.45) is -1.29. The Hall–Kier alpha value is -0.980. The van der Waals surface area contributed by atoms with Crippen molar-refractivity contribution in [3.8, 4) is 0 Å². The first kappa shape index (κ1) is 12.5. The van der Waals surface area contributed by atoms with Gasteiger partial charge in [0.15, 0.2) is 12.1 Å². The molecule has 0 amide bonds. The monoisotopic (exact) mass is 244 g/mol. The van der Waals surface area contributed by atoms with Crippen molar-refractivity contribution in [3.05, 3.63) is 0 Å². The number of hydrogen-bond acceptors (Lipinski definition) is 6. The summed E-state index contributed by atoms with van der Waals surface area (Å²) in [5.74, 6) is -1.15. The van der Waals surface area contributed by atoms with E-state index in [4.69, 9.17) is 14.2 Å². The van der Waals surface area contributed by atoms with E-state index < -0.39 is 36.2 Å². The standard InChI is InChI=1S/C11H16O6/c1-11(2)16-9-6(4-8(13)14-3)15-7(5-12)10(9)17-11/h5-7,9-10H,4H2,1-3H3/t6-,7+,9-,10+/m0/s1. The Morgan fingerprint density at radius 3 is 2.59 bits per heavy atom. The van der Waals surface area contributed by atoms with Crippen molar-refractivity contribution in [3.63, 3.8) is 0 Å². The van der Waals surface area contributed by atoms with Gasteiger partial charge in [0.2, 0.25) is 0 Å². The lowest BCUT2D eigenvalue weighted by Gasteiger charge is -2.22. The molecule has 2 rings (SSSR count). The van der Waals surface area contributed by atoms with Crippen LogP contribution in [0.15, 0.2) is 0 Å². The van der Waals surface area contributed by atoms with E-state index in [2.05, 4.69) is 4.74 Å². The van der Waals surface area contributed by atoms with Crippen LogP contribution in [-0.2, 0) is 28.5 Å². The van der Waals surface area contributed by atoms with Crippen LogP contribution in [0.3, 0.4) is 0 Å². The molecular formula is C11H16O6. The maximum atomic E-state index is 11.2. The molecule has 6 nitrogen and oxygen atoms in total. The lowest BCUT2D eigenvalue weighted by Crippen LogP contribution is -2.31. The van der Waals surface area contributed by atoms with Crippen LogP contribution < -0.4 is 0 Å². The van der Waals surface area contributed by atoms with Gasteiger partial charge < -0.3 is 23.7 Å². The molecule has 0 saturated carbocycles. The van der Waals surface area contributed by atoms with Crippen molar-refractivity contribution in [2.75, 3.05) is 7.11 Å². The van der Waals surface area contributed by atoms with Gasteiger partial charge in [-0.2, -0.15) is 0 Å². The molecule has 0 aromatic carbocycles. The average molecular weight is 244 g/mol. The molecule has 2 heterocycles. The maximum absolute atomic E-state index is 11.2. The number of fused-ring (bicyclic) bond motifs is 1. The predicted molar refractivity (Wildman–Crippen MR) is 55.2 cm³/mol. The highest BCUT2D eigenvalue weighted by Gasteiger charge is 2.55. The van der Waals surface area contributed by atoms with E-state index in [0.717, 1.165) is 0 Å². The Kier molecular flexibility index (Phi) is 3.20. The number of esters is 1. The van der Waals surface area contributed by atoms with E-state index in [9.17, 15) is 9.59 Å². The van der Waals surface area contributed by atoms with Crippen LogP contribution in [0.1, 0.15) is 20.3 Å². The van der Waals surface area contributed by atoms with Crippen LogP contribution in [0.2, 0.25) is 0 Å². The number of hydrogen-bond donors (Lipinski definition) is 0. The highest BCUT2D eigenvalue weighted by Crippen LogP contribution is 2.39. The Labute approximate surface area is 99.2 Å². The molecular weight excluding hydrogens is 228 g/mol. The summed E-state index contributed by atoms with van der Waals surface area (Å²) < 4.78 is 21.2. The molecule has 2 fully saturated rings. The van der Waals surface area contributed by atoms with Crippen LogP contribution in [0.4, 0.5) is 0 Å². The second-order valence-electron chi connectivity index (χ2n) is 4.62. The van der Waals surface area contributed by atoms with Crippen molar-refractivity contribution in [1.82, 2.24) is 0 Å². The molecule has 2 saturated heterocycles. The van der Waals surface area contributed by atoms with Crippen molar-refractivity contribution in [1.29, 1.82) is 0 Å². The Morgan fingerprint density at radius 1 is 1.35 bits per heavy atom. The van der Waals surface area contributed by atoms with Crippen molar-refractivity contribution < 1.29 is 28.5 Å². The second-order valence-corrected chi connectivity index (χ2v) is 4.62. The molecule has 17 heavy (non-hydrogen) atoms. The molecule has 0 aliphatic carbocycles. The molecule has 2 aliphatic rings. The molecule has 0 N–H and O–H groups in total. The summed E-state index contributed by atoms with van der Waals surface area (Å²) in [6.45, 7) is 3.53. The van der Waals surface area contributed by atoms with E-state index in [1.165, 1.54) is 7.11 Å². The van der Waals surface area contributed by atoms with E-state index in [0.29, 0.717) is 6.29 Å². The molecule has 0 bridgehead atoms. The fraction of sp³-hybridized carbons (Fsp3) is 0.818. The minimum Gasteiger partial charge on any atom is -0.469 e. The highest BCUT2D eigenvalue weighted by molar-refractivity contribution is 5.70. The minimum atomic E-state index is -0.755. The first-order valence-electron chi connectivity index (χ1n) is 5.50. The molecule has 4 atom stereocenters. The van der Waals surface area contributed by atoms with Gasteiger partial charge in [-0.1, -0.05) is 0 Å². The topological polar surface area (TPSA) is 71.1 Å². The zero-order valence-electron chi connectivity index (χ0n) is 10.0. The van der Waals surface area contributed by atoms with E-state index in [-0.39, 0.29) is 6.42 Å². The van der Waals surface area contributed by atoms with Crippen LogP contribution >= 0.6 is 0 Å². The van der Waals surface area contributed by atoms with E-state index in [1.807, 2.05) is 0 Å². The van der Waals surface area contributed by atoms with Crippen LogP contribution in [0.5, 0.6) is 0 Å². The Bertz CT molecular complexity index is 326. The summed E-state index contributed by atoms with van der Waals surface area (Å²) in [5.41, 5.74) is 0. The first-order valence-corrected chi connectivity index (χ1v) is 5.50. The molecule has 0 radical (unpaired) electrons. The summed E-state index contributed by atoms with van der Waals surface area (Å²) >= 11 is 0. The number of rotatable bonds is 3. The average Bonchev–Trinajstić information content (AvgIpc) is 2.73. The third-order valence-electron chi connectivity index (χ3n) is 2.92. The summed E-state index contributed by atoms with van der Waals surface area (Å²) in [4.78, 5) is 22.1. The van der Waals surface area contributed by atoms with E-state index in [1.54, 1.807) is 13.8 Å². The zero-order valence-corrected chi connectivity index (χ0v) is 10.0. The van der Waals surface area contributed by atoms with Gasteiger partial charge in [0.1, 0.15) is 18.3 Å². The van der Waals surface area contributed by atoms with Gasteiger partial charge in [-0.25, -0.2) is 0 Å². The van der Waals surface area contributed by atoms with Gasteiger partial charge in [0, 0.05) is 0 Å². The lowest BCUT2D eigenvalue weighted by atomic mass is 10.1. The third-order valence-corrected chi connectivity index (χ3v) is 2.92. The fourth-order valence-corrected chi connectivity index (χ4v) is 2.24. The van der Waals surface area contributed by atoms with Gasteiger partial charge in [-0.3, -0.25) is 4.79 Å². The SMILES string of the molecule is COC(=O)C[C@@H]1O[C@H](C=O)[C@H]2OC(C)(C)O[C@H]21. The molecule has 6 heteroatoms. The molecule has 0 unspecified atom stereocenters. The number of carbonyl (C=O) groups is 2. The zero-order chi connectivity index (χ0) is 12.6. The molecule has 0 spiro atoms. The predicted octanol–water partition coefficient (Wildman–Crippen LogP) is 0.0359. The minimum absolute atomic E-state index is 0.0570.